The quantitative estimate of drug-likeness (QED) is 0.678. The van der Waals surface area contributed by atoms with Gasteiger partial charge in [-0.15, -0.1) is 0 Å². The van der Waals surface area contributed by atoms with Gasteiger partial charge in [-0.25, -0.2) is 0 Å². The summed E-state index contributed by atoms with van der Waals surface area (Å²) in [5, 5.41) is 0. The van der Waals surface area contributed by atoms with Crippen LogP contribution in [0.15, 0.2) is 24.3 Å². The summed E-state index contributed by atoms with van der Waals surface area (Å²) in [6, 6.07) is 8.45. The van der Waals surface area contributed by atoms with Crippen molar-refractivity contribution in [2.75, 3.05) is 11.4 Å². The molecule has 0 aromatic heterocycles. The highest BCUT2D eigenvalue weighted by Crippen LogP contribution is 2.51. The first kappa shape index (κ1) is 15.9. The third kappa shape index (κ3) is 2.24. The van der Waals surface area contributed by atoms with E-state index in [9.17, 15) is 9.59 Å². The molecule has 1 aliphatic carbocycles. The number of hydrogen-bond donors (Lipinski definition) is 0. The molecule has 1 saturated carbocycles. The van der Waals surface area contributed by atoms with Crippen molar-refractivity contribution in [3.63, 3.8) is 0 Å². The normalized spacial score (nSPS) is 28.2. The number of carbonyl (C=O) groups is 2. The van der Waals surface area contributed by atoms with Gasteiger partial charge in [-0.3, -0.25) is 9.59 Å². The Morgan fingerprint density at radius 2 is 1.67 bits per heavy atom. The maximum atomic E-state index is 13.3. The van der Waals surface area contributed by atoms with Crippen LogP contribution in [0.3, 0.4) is 0 Å². The number of fused-ring (bicyclic) bond motifs is 4. The zero-order valence-electron chi connectivity index (χ0n) is 14.8. The fraction of sp³-hybridized carbons (Fsp3) is 0.619. The zero-order valence-corrected chi connectivity index (χ0v) is 14.8. The number of benzene rings is 1. The second-order valence-corrected chi connectivity index (χ2v) is 8.70. The molecular formula is C21H27NO2. The summed E-state index contributed by atoms with van der Waals surface area (Å²) in [4.78, 5) is 29.1. The smallest absolute Gasteiger partial charge is 0.149 e. The van der Waals surface area contributed by atoms with Crippen LogP contribution in [-0.2, 0) is 16.0 Å². The van der Waals surface area contributed by atoms with Crippen LogP contribution in [0.5, 0.6) is 0 Å². The van der Waals surface area contributed by atoms with Crippen molar-refractivity contribution < 1.29 is 9.59 Å². The topological polar surface area (TPSA) is 37.4 Å². The van der Waals surface area contributed by atoms with E-state index in [4.69, 9.17) is 0 Å². The summed E-state index contributed by atoms with van der Waals surface area (Å²) in [6.07, 6.45) is 6.10. The van der Waals surface area contributed by atoms with Crippen molar-refractivity contribution in [1.29, 1.82) is 0 Å². The van der Waals surface area contributed by atoms with Crippen molar-refractivity contribution in [1.82, 2.24) is 0 Å². The van der Waals surface area contributed by atoms with E-state index < -0.39 is 5.41 Å². The summed E-state index contributed by atoms with van der Waals surface area (Å²) in [6.45, 7) is 5.07. The Morgan fingerprint density at radius 3 is 2.42 bits per heavy atom. The van der Waals surface area contributed by atoms with Crippen molar-refractivity contribution in [2.45, 2.75) is 64.8 Å². The number of nitrogens with zero attached hydrogens (tertiary/aromatic N) is 1. The molecule has 1 unspecified atom stereocenters. The fourth-order valence-electron chi connectivity index (χ4n) is 5.24. The van der Waals surface area contributed by atoms with Gasteiger partial charge < -0.3 is 4.90 Å². The highest BCUT2D eigenvalue weighted by molar-refractivity contribution is 6.11. The third-order valence-corrected chi connectivity index (χ3v) is 6.37. The van der Waals surface area contributed by atoms with Crippen LogP contribution in [0.2, 0.25) is 0 Å². The van der Waals surface area contributed by atoms with E-state index in [0.717, 1.165) is 25.8 Å². The maximum absolute atomic E-state index is 13.3. The molecule has 0 N–H and O–H groups in total. The van der Waals surface area contributed by atoms with Crippen molar-refractivity contribution in [3.05, 3.63) is 29.8 Å². The van der Waals surface area contributed by atoms with Crippen LogP contribution in [0.1, 0.15) is 57.9 Å². The molecule has 0 radical (unpaired) electrons. The van der Waals surface area contributed by atoms with Crippen LogP contribution < -0.4 is 4.90 Å². The van der Waals surface area contributed by atoms with Crippen LogP contribution in [0, 0.1) is 10.8 Å². The minimum Gasteiger partial charge on any atom is -0.367 e. The summed E-state index contributed by atoms with van der Waals surface area (Å²) in [7, 11) is 0. The van der Waals surface area contributed by atoms with Gasteiger partial charge in [0.2, 0.25) is 0 Å². The van der Waals surface area contributed by atoms with Crippen molar-refractivity contribution >= 4 is 17.3 Å². The van der Waals surface area contributed by atoms with Crippen LogP contribution in [-0.4, -0.2) is 24.2 Å². The van der Waals surface area contributed by atoms with Gasteiger partial charge in [0.05, 0.1) is 0 Å². The lowest BCUT2D eigenvalue weighted by molar-refractivity contribution is -0.150. The Hall–Kier alpha value is -1.64. The van der Waals surface area contributed by atoms with Gasteiger partial charge in [0.25, 0.3) is 0 Å². The molecule has 3 nitrogen and oxygen atoms in total. The predicted octanol–water partition coefficient (Wildman–Crippen LogP) is 3.94. The van der Waals surface area contributed by atoms with Crippen molar-refractivity contribution in [2.24, 2.45) is 10.8 Å². The monoisotopic (exact) mass is 325 g/mol. The van der Waals surface area contributed by atoms with E-state index in [-0.39, 0.29) is 23.0 Å². The Kier molecular flexibility index (Phi) is 3.59. The van der Waals surface area contributed by atoms with E-state index in [2.05, 4.69) is 36.9 Å². The molecule has 1 atom stereocenters. The maximum Gasteiger partial charge on any atom is 0.149 e. The number of hydrogen-bond acceptors (Lipinski definition) is 3. The summed E-state index contributed by atoms with van der Waals surface area (Å²) >= 11 is 0. The molecule has 3 heteroatoms. The number of Topliss-reactive ketones (excluding diaryl/α,β-unsaturated/α-hetero) is 2. The second kappa shape index (κ2) is 5.44. The van der Waals surface area contributed by atoms with Gasteiger partial charge >= 0.3 is 0 Å². The molecule has 1 aromatic rings. The molecule has 3 aliphatic rings. The standard InChI is InChI=1S/C21H27NO2/c1-20(2)13-18(23)21(19(24)14-20)12-15-8-5-6-9-16(15)22-11-7-3-4-10-17(21)22/h5-6,8-9,17H,3-4,7,10-14H2,1-2H3. The molecule has 2 aliphatic heterocycles. The molecule has 1 spiro atoms. The lowest BCUT2D eigenvalue weighted by Crippen LogP contribution is -2.63. The first-order valence-electron chi connectivity index (χ1n) is 9.35. The largest absolute Gasteiger partial charge is 0.367 e. The first-order valence-corrected chi connectivity index (χ1v) is 9.35. The van der Waals surface area contributed by atoms with Crippen LogP contribution >= 0.6 is 0 Å². The first-order chi connectivity index (χ1) is 11.4. The Bertz CT molecular complexity index is 671. The Balaban J connectivity index is 1.86. The highest BCUT2D eigenvalue weighted by Gasteiger charge is 2.59. The van der Waals surface area contributed by atoms with Crippen LogP contribution in [0.4, 0.5) is 5.69 Å². The number of carbonyl (C=O) groups excluding carboxylic acids is 2. The summed E-state index contributed by atoms with van der Waals surface area (Å²) in [5.41, 5.74) is 1.44. The Labute approximate surface area is 144 Å². The van der Waals surface area contributed by atoms with E-state index in [1.54, 1.807) is 0 Å². The molecular weight excluding hydrogens is 298 g/mol. The zero-order chi connectivity index (χ0) is 16.9. The third-order valence-electron chi connectivity index (χ3n) is 6.37. The van der Waals surface area contributed by atoms with E-state index in [1.165, 1.54) is 17.7 Å². The summed E-state index contributed by atoms with van der Waals surface area (Å²) < 4.78 is 0. The molecule has 0 amide bonds. The summed E-state index contributed by atoms with van der Waals surface area (Å²) in [5.74, 6) is 0.380. The van der Waals surface area contributed by atoms with E-state index in [0.29, 0.717) is 19.3 Å². The fourth-order valence-corrected chi connectivity index (χ4v) is 5.24. The van der Waals surface area contributed by atoms with E-state index in [1.807, 2.05) is 6.07 Å². The minimum atomic E-state index is -0.797. The van der Waals surface area contributed by atoms with Gasteiger partial charge in [0, 0.05) is 31.1 Å². The molecule has 1 aromatic carbocycles. The molecule has 2 heterocycles. The lowest BCUT2D eigenvalue weighted by Gasteiger charge is -2.52. The van der Waals surface area contributed by atoms with Crippen LogP contribution in [0.25, 0.3) is 0 Å². The molecule has 2 fully saturated rings. The van der Waals surface area contributed by atoms with Gasteiger partial charge in [0.1, 0.15) is 17.0 Å². The molecule has 0 bridgehead atoms. The molecule has 24 heavy (non-hydrogen) atoms. The van der Waals surface area contributed by atoms with Gasteiger partial charge in [-0.05, 0) is 36.3 Å². The second-order valence-electron chi connectivity index (χ2n) is 8.70. The average molecular weight is 325 g/mol. The number of ketones is 2. The average Bonchev–Trinajstić information content (AvgIpc) is 2.78. The van der Waals surface area contributed by atoms with Gasteiger partial charge in [-0.1, -0.05) is 44.9 Å². The lowest BCUT2D eigenvalue weighted by atomic mass is 9.56. The predicted molar refractivity (Wildman–Crippen MR) is 95.2 cm³/mol. The van der Waals surface area contributed by atoms with E-state index >= 15 is 0 Å². The number of para-hydroxylation sites is 1. The van der Waals surface area contributed by atoms with Crippen molar-refractivity contribution in [3.8, 4) is 0 Å². The number of anilines is 1. The minimum absolute atomic E-state index is 0.0611. The highest BCUT2D eigenvalue weighted by atomic mass is 16.2. The molecule has 128 valence electrons. The van der Waals surface area contributed by atoms with Gasteiger partial charge in [0.15, 0.2) is 0 Å². The Morgan fingerprint density at radius 1 is 0.958 bits per heavy atom. The SMILES string of the molecule is CC1(C)CC(=O)C2(Cc3ccccc3N3CCCCCC32)C(=O)C1. The molecule has 1 saturated heterocycles. The molecule has 4 rings (SSSR count). The number of rotatable bonds is 0. The van der Waals surface area contributed by atoms with Gasteiger partial charge in [-0.2, -0.15) is 0 Å².